The van der Waals surface area contributed by atoms with Crippen molar-refractivity contribution in [3.63, 3.8) is 0 Å². The number of fused-ring (bicyclic) bond motifs is 1. The van der Waals surface area contributed by atoms with Gasteiger partial charge in [0.1, 0.15) is 0 Å². The maximum absolute atomic E-state index is 12.7. The lowest BCUT2D eigenvalue weighted by Gasteiger charge is -2.29. The Bertz CT molecular complexity index is 1120. The number of anilines is 1. The molecule has 1 saturated heterocycles. The number of carbonyl (C=O) groups excluding carboxylic acids is 2. The fourth-order valence-electron chi connectivity index (χ4n) is 3.08. The van der Waals surface area contributed by atoms with Crippen LogP contribution in [0.5, 0.6) is 11.5 Å². The molecule has 8 nitrogen and oxygen atoms in total. The van der Waals surface area contributed by atoms with Gasteiger partial charge in [-0.05, 0) is 18.2 Å². The summed E-state index contributed by atoms with van der Waals surface area (Å²) in [6.45, 7) is 2.46. The quantitative estimate of drug-likeness (QED) is 0.545. The van der Waals surface area contributed by atoms with Crippen molar-refractivity contribution in [2.24, 2.45) is 7.05 Å². The molecule has 14 heteroatoms. The number of ether oxygens (including phenoxy) is 2. The van der Waals surface area contributed by atoms with Crippen molar-refractivity contribution in [3.8, 4) is 11.5 Å². The highest BCUT2D eigenvalue weighted by atomic mass is 19.4. The van der Waals surface area contributed by atoms with Crippen LogP contribution in [0.2, 0.25) is 0 Å². The fourth-order valence-corrected chi connectivity index (χ4v) is 3.08. The van der Waals surface area contributed by atoms with Gasteiger partial charge in [0.15, 0.2) is 5.75 Å². The van der Waals surface area contributed by atoms with E-state index in [1.165, 1.54) is 12.1 Å². The highest BCUT2D eigenvalue weighted by Gasteiger charge is 2.45. The van der Waals surface area contributed by atoms with Gasteiger partial charge in [0, 0.05) is 44.3 Å². The lowest BCUT2D eigenvalue weighted by atomic mass is 10.1. The average Bonchev–Trinajstić information content (AvgIpc) is 2.73. The standard InChI is InChI=1S/C18H15F6N3O5/c1-26-11-8-9(27-6-4-25-5-7-27)2-3-10(11)12(31-15(29)17(19,20)21)13(14(26)28)32-16(30)18(22,23)24/h2-3,8,25H,4-7H2,1H3. The minimum Gasteiger partial charge on any atom is -0.415 e. The van der Waals surface area contributed by atoms with Gasteiger partial charge in [-0.3, -0.25) is 4.79 Å². The number of benzene rings is 1. The molecule has 1 aliphatic rings. The normalized spacial score (nSPS) is 15.0. The number of hydrogen-bond donors (Lipinski definition) is 1. The molecule has 0 aliphatic carbocycles. The van der Waals surface area contributed by atoms with E-state index >= 15 is 0 Å². The van der Waals surface area contributed by atoms with E-state index in [0.29, 0.717) is 31.9 Å². The Kier molecular flexibility index (Phi) is 6.09. The first-order chi connectivity index (χ1) is 14.8. The Hall–Kier alpha value is -3.29. The monoisotopic (exact) mass is 467 g/mol. The second-order valence-corrected chi connectivity index (χ2v) is 6.74. The zero-order chi connectivity index (χ0) is 23.8. The summed E-state index contributed by atoms with van der Waals surface area (Å²) in [5, 5.41) is 2.78. The molecule has 0 atom stereocenters. The number of halogens is 6. The van der Waals surface area contributed by atoms with Gasteiger partial charge in [-0.15, -0.1) is 0 Å². The van der Waals surface area contributed by atoms with E-state index < -0.39 is 41.3 Å². The van der Waals surface area contributed by atoms with Gasteiger partial charge in [0.25, 0.3) is 5.56 Å². The number of piperazine rings is 1. The zero-order valence-electron chi connectivity index (χ0n) is 16.3. The lowest BCUT2D eigenvalue weighted by Crippen LogP contribution is -2.43. The third kappa shape index (κ3) is 4.64. The molecule has 2 heterocycles. The molecule has 0 amide bonds. The number of esters is 2. The maximum atomic E-state index is 12.7. The van der Waals surface area contributed by atoms with Crippen LogP contribution < -0.4 is 25.2 Å². The van der Waals surface area contributed by atoms with Gasteiger partial charge >= 0.3 is 24.3 Å². The van der Waals surface area contributed by atoms with Crippen LogP contribution in [0.3, 0.4) is 0 Å². The van der Waals surface area contributed by atoms with Gasteiger partial charge in [-0.2, -0.15) is 26.3 Å². The van der Waals surface area contributed by atoms with Crippen molar-refractivity contribution in [1.29, 1.82) is 0 Å². The summed E-state index contributed by atoms with van der Waals surface area (Å²) in [5.74, 6) is -8.40. The summed E-state index contributed by atoms with van der Waals surface area (Å²) in [7, 11) is 1.12. The maximum Gasteiger partial charge on any atom is 0.491 e. The molecule has 0 saturated carbocycles. The van der Waals surface area contributed by atoms with Gasteiger partial charge in [0.2, 0.25) is 5.75 Å². The molecule has 32 heavy (non-hydrogen) atoms. The molecule has 0 unspecified atom stereocenters. The van der Waals surface area contributed by atoms with Crippen LogP contribution in [-0.2, 0) is 16.6 Å². The minimum atomic E-state index is -5.56. The van der Waals surface area contributed by atoms with E-state index in [-0.39, 0.29) is 10.9 Å². The number of nitrogens with zero attached hydrogens (tertiary/aromatic N) is 2. The van der Waals surface area contributed by atoms with Crippen molar-refractivity contribution < 1.29 is 45.4 Å². The molecule has 1 aromatic heterocycles. The van der Waals surface area contributed by atoms with E-state index in [2.05, 4.69) is 14.8 Å². The van der Waals surface area contributed by atoms with Gasteiger partial charge in [0.05, 0.1) is 5.52 Å². The first-order valence-electron chi connectivity index (χ1n) is 9.01. The number of alkyl halides is 6. The smallest absolute Gasteiger partial charge is 0.415 e. The molecule has 3 rings (SSSR count). The van der Waals surface area contributed by atoms with Crippen molar-refractivity contribution in [3.05, 3.63) is 28.6 Å². The minimum absolute atomic E-state index is 0.0529. The van der Waals surface area contributed by atoms with E-state index in [4.69, 9.17) is 0 Å². The van der Waals surface area contributed by atoms with Crippen LogP contribution in [0.15, 0.2) is 23.0 Å². The molecule has 1 aromatic carbocycles. The predicted molar refractivity (Wildman–Crippen MR) is 97.7 cm³/mol. The summed E-state index contributed by atoms with van der Waals surface area (Å²) in [4.78, 5) is 37.2. The molecule has 1 N–H and O–H groups in total. The Morgan fingerprint density at radius 1 is 0.938 bits per heavy atom. The fraction of sp³-hybridized carbons (Fsp3) is 0.389. The van der Waals surface area contributed by atoms with E-state index in [1.807, 2.05) is 4.90 Å². The molecule has 2 aromatic rings. The number of aromatic nitrogens is 1. The summed E-state index contributed by atoms with van der Waals surface area (Å²) in [5.41, 5.74) is -0.887. The number of nitrogens with one attached hydrogen (secondary N) is 1. The molecule has 0 spiro atoms. The highest BCUT2D eigenvalue weighted by Crippen LogP contribution is 2.37. The summed E-state index contributed by atoms with van der Waals surface area (Å²) in [6, 6.07) is 4.00. The Labute approximate surface area is 175 Å². The van der Waals surface area contributed by atoms with Crippen LogP contribution in [0.1, 0.15) is 0 Å². The number of pyridine rings is 1. The first-order valence-corrected chi connectivity index (χ1v) is 9.01. The second-order valence-electron chi connectivity index (χ2n) is 6.74. The molecular weight excluding hydrogens is 452 g/mol. The van der Waals surface area contributed by atoms with Gasteiger partial charge in [-0.25, -0.2) is 9.59 Å². The molecule has 0 radical (unpaired) electrons. The van der Waals surface area contributed by atoms with E-state index in [1.54, 1.807) is 0 Å². The first kappa shape index (κ1) is 23.4. The number of hydrogen-bond acceptors (Lipinski definition) is 7. The van der Waals surface area contributed by atoms with Crippen LogP contribution >= 0.6 is 0 Å². The molecule has 1 aliphatic heterocycles. The Morgan fingerprint density at radius 3 is 2.00 bits per heavy atom. The summed E-state index contributed by atoms with van der Waals surface area (Å²) in [6.07, 6.45) is -11.1. The Morgan fingerprint density at radius 2 is 1.47 bits per heavy atom. The number of aryl methyl sites for hydroxylation is 1. The lowest BCUT2D eigenvalue weighted by molar-refractivity contribution is -0.191. The number of rotatable bonds is 3. The second kappa shape index (κ2) is 8.33. The third-order valence-corrected chi connectivity index (χ3v) is 4.63. The van der Waals surface area contributed by atoms with Crippen LogP contribution in [0.4, 0.5) is 32.0 Å². The molecule has 1 fully saturated rings. The number of carbonyl (C=O) groups is 2. The molecule has 174 valence electrons. The van der Waals surface area contributed by atoms with E-state index in [9.17, 15) is 40.7 Å². The van der Waals surface area contributed by atoms with E-state index in [0.717, 1.165) is 17.7 Å². The zero-order valence-corrected chi connectivity index (χ0v) is 16.3. The average molecular weight is 467 g/mol. The predicted octanol–water partition coefficient (Wildman–Crippen LogP) is 1.88. The molecular formula is C18H15F6N3O5. The SMILES string of the molecule is Cn1c(=O)c(OC(=O)C(F)(F)F)c(OC(=O)C(F)(F)F)c2ccc(N3CCNCC3)cc21. The summed E-state index contributed by atoms with van der Waals surface area (Å²) < 4.78 is 85.2. The molecule has 0 bridgehead atoms. The van der Waals surface area contributed by atoms with Crippen LogP contribution in [-0.4, -0.2) is 55.0 Å². The third-order valence-electron chi connectivity index (χ3n) is 4.63. The van der Waals surface area contributed by atoms with Crippen molar-refractivity contribution in [2.45, 2.75) is 12.4 Å². The van der Waals surface area contributed by atoms with Crippen molar-refractivity contribution >= 4 is 28.5 Å². The van der Waals surface area contributed by atoms with Crippen LogP contribution in [0.25, 0.3) is 10.9 Å². The summed E-state index contributed by atoms with van der Waals surface area (Å²) >= 11 is 0. The largest absolute Gasteiger partial charge is 0.491 e. The van der Waals surface area contributed by atoms with Crippen molar-refractivity contribution in [1.82, 2.24) is 9.88 Å². The topological polar surface area (TPSA) is 89.9 Å². The van der Waals surface area contributed by atoms with Gasteiger partial charge in [-0.1, -0.05) is 0 Å². The van der Waals surface area contributed by atoms with Crippen LogP contribution in [0, 0.1) is 0 Å². The Balaban J connectivity index is 2.21. The van der Waals surface area contributed by atoms with Gasteiger partial charge < -0.3 is 24.3 Å². The van der Waals surface area contributed by atoms with Crippen molar-refractivity contribution in [2.75, 3.05) is 31.1 Å². The highest BCUT2D eigenvalue weighted by molar-refractivity contribution is 5.94.